The van der Waals surface area contributed by atoms with Crippen LogP contribution >= 0.6 is 0 Å². The van der Waals surface area contributed by atoms with Gasteiger partial charge < -0.3 is 14.7 Å². The summed E-state index contributed by atoms with van der Waals surface area (Å²) in [5.74, 6) is 1.00. The molecule has 1 aromatic rings. The van der Waals surface area contributed by atoms with Crippen molar-refractivity contribution >= 4 is 16.1 Å². The molecule has 1 amide bonds. The SMILES string of the molecule is CN1CC2CCC(C1)N2S(=O)(=O)N1[C@@H]2CC[C@H]1CC(NC(=O)c1cc(C3CC3)on1)C2. The van der Waals surface area contributed by atoms with Crippen LogP contribution < -0.4 is 5.32 Å². The molecule has 1 aromatic heterocycles. The maximum Gasteiger partial charge on any atom is 0.283 e. The minimum absolute atomic E-state index is 0.0262. The fourth-order valence-electron chi connectivity index (χ4n) is 6.41. The van der Waals surface area contributed by atoms with Crippen molar-refractivity contribution in [1.29, 1.82) is 0 Å². The highest BCUT2D eigenvalue weighted by atomic mass is 32.2. The highest BCUT2D eigenvalue weighted by Crippen LogP contribution is 2.43. The van der Waals surface area contributed by atoms with E-state index < -0.39 is 10.2 Å². The molecule has 31 heavy (non-hydrogen) atoms. The largest absolute Gasteiger partial charge is 0.360 e. The zero-order chi connectivity index (χ0) is 21.3. The number of piperidine rings is 1. The van der Waals surface area contributed by atoms with Crippen LogP contribution in [-0.4, -0.2) is 83.3 Å². The third kappa shape index (κ3) is 3.42. The molecule has 5 atom stereocenters. The van der Waals surface area contributed by atoms with Crippen molar-refractivity contribution in [2.75, 3.05) is 20.1 Å². The Morgan fingerprint density at radius 2 is 1.58 bits per heavy atom. The van der Waals surface area contributed by atoms with Gasteiger partial charge in [-0.1, -0.05) is 5.16 Å². The predicted molar refractivity (Wildman–Crippen MR) is 113 cm³/mol. The molecule has 1 saturated carbocycles. The summed E-state index contributed by atoms with van der Waals surface area (Å²) in [6.45, 7) is 1.64. The zero-order valence-electron chi connectivity index (χ0n) is 17.9. The number of likely N-dealkylation sites (N-methyl/N-ethyl adjacent to an activating group) is 1. The van der Waals surface area contributed by atoms with Gasteiger partial charge in [0.15, 0.2) is 5.69 Å². The molecule has 1 N–H and O–H groups in total. The van der Waals surface area contributed by atoms with Crippen LogP contribution in [0.1, 0.15) is 73.5 Å². The molecular formula is C21H31N5O4S. The summed E-state index contributed by atoms with van der Waals surface area (Å²) in [5, 5.41) is 7.03. The van der Waals surface area contributed by atoms with Crippen LogP contribution in [0.3, 0.4) is 0 Å². The van der Waals surface area contributed by atoms with Gasteiger partial charge in [0.1, 0.15) is 5.76 Å². The smallest absolute Gasteiger partial charge is 0.283 e. The summed E-state index contributed by atoms with van der Waals surface area (Å²) >= 11 is 0. The van der Waals surface area contributed by atoms with Crippen LogP contribution in [0.15, 0.2) is 10.6 Å². The number of amides is 1. The van der Waals surface area contributed by atoms with Gasteiger partial charge in [0.05, 0.1) is 0 Å². The van der Waals surface area contributed by atoms with Crippen molar-refractivity contribution < 1.29 is 17.7 Å². The van der Waals surface area contributed by atoms with Crippen molar-refractivity contribution in [3.8, 4) is 0 Å². The van der Waals surface area contributed by atoms with Gasteiger partial charge in [0.25, 0.3) is 16.1 Å². The van der Waals surface area contributed by atoms with Crippen LogP contribution in [0.5, 0.6) is 0 Å². The van der Waals surface area contributed by atoms with Gasteiger partial charge in [-0.15, -0.1) is 0 Å². The zero-order valence-corrected chi connectivity index (χ0v) is 18.8. The maximum absolute atomic E-state index is 13.7. The third-order valence-corrected chi connectivity index (χ3v) is 10.1. The van der Waals surface area contributed by atoms with Gasteiger partial charge in [-0.25, -0.2) is 0 Å². The number of hydrogen-bond acceptors (Lipinski definition) is 6. The summed E-state index contributed by atoms with van der Waals surface area (Å²) < 4.78 is 36.4. The molecule has 170 valence electrons. The molecule has 4 aliphatic heterocycles. The second kappa shape index (κ2) is 7.26. The number of carbonyl (C=O) groups is 1. The van der Waals surface area contributed by atoms with Gasteiger partial charge in [0, 0.05) is 55.3 Å². The van der Waals surface area contributed by atoms with Crippen molar-refractivity contribution in [1.82, 2.24) is 24.0 Å². The molecule has 4 bridgehead atoms. The van der Waals surface area contributed by atoms with Gasteiger partial charge in [-0.3, -0.25) is 4.79 Å². The first-order chi connectivity index (χ1) is 14.9. The molecule has 5 aliphatic rings. The van der Waals surface area contributed by atoms with E-state index in [1.54, 1.807) is 10.4 Å². The molecular weight excluding hydrogens is 418 g/mol. The van der Waals surface area contributed by atoms with E-state index in [4.69, 9.17) is 4.52 Å². The van der Waals surface area contributed by atoms with Crippen LogP contribution in [0.25, 0.3) is 0 Å². The molecule has 0 radical (unpaired) electrons. The van der Waals surface area contributed by atoms with E-state index >= 15 is 0 Å². The summed E-state index contributed by atoms with van der Waals surface area (Å²) in [5.41, 5.74) is 0.332. The summed E-state index contributed by atoms with van der Waals surface area (Å²) in [6.07, 6.45) is 7.18. The number of nitrogens with one attached hydrogen (secondary N) is 1. The lowest BCUT2D eigenvalue weighted by atomic mass is 9.99. The molecule has 9 nitrogen and oxygen atoms in total. The topological polar surface area (TPSA) is 99.0 Å². The van der Waals surface area contributed by atoms with E-state index in [0.29, 0.717) is 24.5 Å². The van der Waals surface area contributed by atoms with Crippen molar-refractivity contribution in [3.05, 3.63) is 17.5 Å². The minimum Gasteiger partial charge on any atom is -0.360 e. The lowest BCUT2D eigenvalue weighted by Gasteiger charge is -2.45. The number of carbonyl (C=O) groups excluding carboxylic acids is 1. The number of rotatable bonds is 5. The average Bonchev–Trinajstić information content (AvgIpc) is 3.26. The molecule has 10 heteroatoms. The van der Waals surface area contributed by atoms with Crippen LogP contribution in [-0.2, 0) is 10.2 Å². The number of likely N-dealkylation sites (tertiary alicyclic amines) is 1. The third-order valence-electron chi connectivity index (χ3n) is 7.87. The minimum atomic E-state index is -3.48. The van der Waals surface area contributed by atoms with E-state index in [0.717, 1.165) is 57.4 Å². The van der Waals surface area contributed by atoms with Gasteiger partial charge in [-0.2, -0.15) is 17.0 Å². The normalized spacial score (nSPS) is 36.7. The number of piperazine rings is 1. The highest BCUT2D eigenvalue weighted by Gasteiger charge is 2.54. The number of aromatic nitrogens is 1. The first-order valence-electron chi connectivity index (χ1n) is 11.7. The second-order valence-corrected chi connectivity index (χ2v) is 11.9. The van der Waals surface area contributed by atoms with Gasteiger partial charge in [0.2, 0.25) is 0 Å². The molecule has 1 aliphatic carbocycles. The molecule has 6 rings (SSSR count). The van der Waals surface area contributed by atoms with Gasteiger partial charge in [-0.05, 0) is 58.4 Å². The predicted octanol–water partition coefficient (Wildman–Crippen LogP) is 1.30. The van der Waals surface area contributed by atoms with Crippen LogP contribution in [0, 0.1) is 0 Å². The van der Waals surface area contributed by atoms with E-state index in [1.165, 1.54) is 0 Å². The van der Waals surface area contributed by atoms with E-state index in [9.17, 15) is 13.2 Å². The maximum atomic E-state index is 13.7. The Bertz CT molecular complexity index is 948. The summed E-state index contributed by atoms with van der Waals surface area (Å²) in [6, 6.07) is 1.85. The van der Waals surface area contributed by atoms with E-state index in [2.05, 4.69) is 22.4 Å². The Hall–Kier alpha value is -1.49. The lowest BCUT2D eigenvalue weighted by Crippen LogP contribution is -2.62. The van der Waals surface area contributed by atoms with Crippen molar-refractivity contribution in [2.24, 2.45) is 0 Å². The van der Waals surface area contributed by atoms with Crippen molar-refractivity contribution in [2.45, 2.75) is 87.5 Å². The Balaban J connectivity index is 1.14. The molecule has 4 saturated heterocycles. The molecule has 0 spiro atoms. The van der Waals surface area contributed by atoms with E-state index in [-0.39, 0.29) is 36.1 Å². The summed E-state index contributed by atoms with van der Waals surface area (Å²) in [7, 11) is -1.40. The number of nitrogens with zero attached hydrogens (tertiary/aromatic N) is 4. The Morgan fingerprint density at radius 1 is 1.00 bits per heavy atom. The fourth-order valence-corrected chi connectivity index (χ4v) is 8.86. The lowest BCUT2D eigenvalue weighted by molar-refractivity contribution is 0.0892. The fraction of sp³-hybridized carbons (Fsp3) is 0.810. The van der Waals surface area contributed by atoms with E-state index in [1.807, 2.05) is 4.31 Å². The Kier molecular flexibility index (Phi) is 4.72. The Labute approximate surface area is 183 Å². The quantitative estimate of drug-likeness (QED) is 0.728. The average molecular weight is 450 g/mol. The monoisotopic (exact) mass is 449 g/mol. The molecule has 0 aromatic carbocycles. The Morgan fingerprint density at radius 3 is 2.19 bits per heavy atom. The molecule has 5 heterocycles. The van der Waals surface area contributed by atoms with Gasteiger partial charge >= 0.3 is 0 Å². The molecule has 5 fully saturated rings. The van der Waals surface area contributed by atoms with Crippen molar-refractivity contribution in [3.63, 3.8) is 0 Å². The van der Waals surface area contributed by atoms with Crippen LogP contribution in [0.4, 0.5) is 0 Å². The highest BCUT2D eigenvalue weighted by molar-refractivity contribution is 7.86. The van der Waals surface area contributed by atoms with Crippen LogP contribution in [0.2, 0.25) is 0 Å². The molecule has 3 unspecified atom stereocenters. The number of hydrogen-bond donors (Lipinski definition) is 1. The second-order valence-electron chi connectivity index (χ2n) is 10.2. The number of fused-ring (bicyclic) bond motifs is 4. The first-order valence-corrected chi connectivity index (χ1v) is 13.1. The first kappa shape index (κ1) is 20.1. The standard InChI is InChI=1S/C21H31N5O4S/c1-24-11-17-6-7-18(12-24)26(17)31(28,29)25-15-4-5-16(25)9-14(8-15)22-21(27)19-10-20(30-23-19)13-2-3-13/h10,13-18H,2-9,11-12H2,1H3,(H,22,27)/t14?,15-,16+,17?,18?. The summed E-state index contributed by atoms with van der Waals surface area (Å²) in [4.78, 5) is 14.9.